The lowest BCUT2D eigenvalue weighted by molar-refractivity contribution is -0.137. The topological polar surface area (TPSA) is 46.2 Å². The maximum Gasteiger partial charge on any atom is 0.418 e. The van der Waals surface area contributed by atoms with Crippen molar-refractivity contribution >= 4 is 31.5 Å². The molecule has 0 bridgehead atoms. The predicted molar refractivity (Wildman–Crippen MR) is 72.0 cm³/mol. The standard InChI is InChI=1S/C11H13BrF3NO2S/c1-19(17,18)6-2-5-16-10-7-8(12)3-4-9(10)11(13,14)15/h3-4,7,16H,2,5-6H2,1H3. The molecule has 1 aromatic rings. The average Bonchev–Trinajstić information content (AvgIpc) is 2.21. The van der Waals surface area contributed by atoms with Gasteiger partial charge in [0.1, 0.15) is 9.84 Å². The number of hydrogen-bond donors (Lipinski definition) is 1. The summed E-state index contributed by atoms with van der Waals surface area (Å²) in [5.41, 5.74) is -0.828. The highest BCUT2D eigenvalue weighted by atomic mass is 79.9. The number of benzene rings is 1. The molecule has 1 N–H and O–H groups in total. The molecule has 3 nitrogen and oxygen atoms in total. The van der Waals surface area contributed by atoms with Crippen LogP contribution in [0, 0.1) is 0 Å². The molecule has 0 unspecified atom stereocenters. The first kappa shape index (κ1) is 16.3. The van der Waals surface area contributed by atoms with Crippen molar-refractivity contribution < 1.29 is 21.6 Å². The van der Waals surface area contributed by atoms with Crippen LogP contribution in [0.3, 0.4) is 0 Å². The molecule has 0 spiro atoms. The molecule has 0 amide bonds. The lowest BCUT2D eigenvalue weighted by Crippen LogP contribution is -2.14. The van der Waals surface area contributed by atoms with E-state index >= 15 is 0 Å². The summed E-state index contributed by atoms with van der Waals surface area (Å²) in [4.78, 5) is 0. The molecule has 0 radical (unpaired) electrons. The number of rotatable bonds is 5. The van der Waals surface area contributed by atoms with Crippen LogP contribution in [0.5, 0.6) is 0 Å². The van der Waals surface area contributed by atoms with Gasteiger partial charge in [-0.2, -0.15) is 13.2 Å². The van der Waals surface area contributed by atoms with Crippen molar-refractivity contribution in [2.24, 2.45) is 0 Å². The van der Waals surface area contributed by atoms with Crippen LogP contribution in [0.4, 0.5) is 18.9 Å². The molecule has 8 heteroatoms. The van der Waals surface area contributed by atoms with Gasteiger partial charge in [-0.15, -0.1) is 0 Å². The summed E-state index contributed by atoms with van der Waals surface area (Å²) in [7, 11) is -3.10. The second kappa shape index (κ2) is 6.13. The van der Waals surface area contributed by atoms with Crippen LogP contribution in [0.1, 0.15) is 12.0 Å². The molecule has 0 atom stereocenters. The van der Waals surface area contributed by atoms with E-state index in [9.17, 15) is 21.6 Å². The number of hydrogen-bond acceptors (Lipinski definition) is 3. The van der Waals surface area contributed by atoms with Gasteiger partial charge in [0.05, 0.1) is 11.3 Å². The Morgan fingerprint density at radius 2 is 1.95 bits per heavy atom. The van der Waals surface area contributed by atoms with Gasteiger partial charge in [0.25, 0.3) is 0 Å². The Morgan fingerprint density at radius 1 is 1.32 bits per heavy atom. The smallest absolute Gasteiger partial charge is 0.384 e. The molecule has 0 aliphatic heterocycles. The van der Waals surface area contributed by atoms with Gasteiger partial charge in [-0.3, -0.25) is 0 Å². The van der Waals surface area contributed by atoms with Crippen LogP contribution in [0.15, 0.2) is 22.7 Å². The van der Waals surface area contributed by atoms with E-state index in [-0.39, 0.29) is 24.4 Å². The highest BCUT2D eigenvalue weighted by molar-refractivity contribution is 9.10. The number of anilines is 1. The highest BCUT2D eigenvalue weighted by Gasteiger charge is 2.33. The number of alkyl halides is 3. The maximum absolute atomic E-state index is 12.7. The molecule has 0 aromatic heterocycles. The van der Waals surface area contributed by atoms with Crippen LogP contribution in [-0.4, -0.2) is 27.0 Å². The zero-order valence-corrected chi connectivity index (χ0v) is 12.5. The molecular formula is C11H13BrF3NO2S. The molecule has 1 rings (SSSR count). The fraction of sp³-hybridized carbons (Fsp3) is 0.455. The third kappa shape index (κ3) is 5.82. The zero-order chi connectivity index (χ0) is 14.7. The average molecular weight is 360 g/mol. The van der Waals surface area contributed by atoms with Crippen molar-refractivity contribution in [1.29, 1.82) is 0 Å². The van der Waals surface area contributed by atoms with Gasteiger partial charge in [0, 0.05) is 23.0 Å². The minimum absolute atomic E-state index is 0.0598. The van der Waals surface area contributed by atoms with Crippen molar-refractivity contribution in [1.82, 2.24) is 0 Å². The second-order valence-corrected chi connectivity index (χ2v) is 7.27. The Kier molecular flexibility index (Phi) is 5.26. The van der Waals surface area contributed by atoms with Crippen molar-refractivity contribution in [2.45, 2.75) is 12.6 Å². The summed E-state index contributed by atoms with van der Waals surface area (Å²) in [6.07, 6.45) is -3.10. The van der Waals surface area contributed by atoms with Gasteiger partial charge in [-0.25, -0.2) is 8.42 Å². The van der Waals surface area contributed by atoms with Crippen LogP contribution >= 0.6 is 15.9 Å². The molecule has 0 heterocycles. The summed E-state index contributed by atoms with van der Waals surface area (Å²) in [6, 6.07) is 3.61. The Bertz CT molecular complexity index is 543. The fourth-order valence-corrected chi connectivity index (χ4v) is 2.50. The predicted octanol–water partition coefficient (Wildman–Crippen LogP) is 3.31. The molecular weight excluding hydrogens is 347 g/mol. The van der Waals surface area contributed by atoms with Gasteiger partial charge in [-0.1, -0.05) is 15.9 Å². The summed E-state index contributed by atoms with van der Waals surface area (Å²) >= 11 is 3.10. The molecule has 0 fully saturated rings. The minimum atomic E-state index is -4.44. The Balaban J connectivity index is 2.75. The van der Waals surface area contributed by atoms with Crippen molar-refractivity contribution in [3.63, 3.8) is 0 Å². The first-order valence-corrected chi connectivity index (χ1v) is 8.23. The quantitative estimate of drug-likeness (QED) is 0.820. The number of sulfone groups is 1. The van der Waals surface area contributed by atoms with E-state index in [2.05, 4.69) is 21.2 Å². The maximum atomic E-state index is 12.7. The van der Waals surface area contributed by atoms with Gasteiger partial charge in [0.2, 0.25) is 0 Å². The third-order valence-electron chi connectivity index (χ3n) is 2.29. The van der Waals surface area contributed by atoms with E-state index in [0.29, 0.717) is 4.47 Å². The Morgan fingerprint density at radius 3 is 2.47 bits per heavy atom. The zero-order valence-electron chi connectivity index (χ0n) is 10.1. The number of halogens is 4. The summed E-state index contributed by atoms with van der Waals surface area (Å²) in [6.45, 7) is 0.159. The Hall–Kier alpha value is -0.760. The van der Waals surface area contributed by atoms with E-state index in [1.165, 1.54) is 12.1 Å². The van der Waals surface area contributed by atoms with Gasteiger partial charge < -0.3 is 5.32 Å². The largest absolute Gasteiger partial charge is 0.418 e. The molecule has 19 heavy (non-hydrogen) atoms. The van der Waals surface area contributed by atoms with Crippen molar-refractivity contribution in [2.75, 3.05) is 23.9 Å². The van der Waals surface area contributed by atoms with E-state index in [1.54, 1.807) is 0 Å². The normalized spacial score (nSPS) is 12.5. The molecule has 0 aliphatic rings. The lowest BCUT2D eigenvalue weighted by atomic mass is 10.1. The monoisotopic (exact) mass is 359 g/mol. The minimum Gasteiger partial charge on any atom is -0.384 e. The molecule has 108 valence electrons. The Labute approximate surface area is 118 Å². The van der Waals surface area contributed by atoms with Crippen LogP contribution in [-0.2, 0) is 16.0 Å². The molecule has 0 aliphatic carbocycles. The van der Waals surface area contributed by atoms with E-state index in [4.69, 9.17) is 0 Å². The molecule has 1 aromatic carbocycles. The first-order valence-electron chi connectivity index (χ1n) is 5.38. The van der Waals surface area contributed by atoms with Crippen LogP contribution in [0.25, 0.3) is 0 Å². The summed E-state index contributed by atoms with van der Waals surface area (Å²) in [5, 5.41) is 2.62. The van der Waals surface area contributed by atoms with E-state index in [1.807, 2.05) is 0 Å². The van der Waals surface area contributed by atoms with Gasteiger partial charge >= 0.3 is 6.18 Å². The van der Waals surface area contributed by atoms with Crippen LogP contribution < -0.4 is 5.32 Å². The second-order valence-electron chi connectivity index (χ2n) is 4.10. The molecule has 0 saturated heterocycles. The van der Waals surface area contributed by atoms with Gasteiger partial charge in [-0.05, 0) is 24.6 Å². The highest BCUT2D eigenvalue weighted by Crippen LogP contribution is 2.36. The number of nitrogens with one attached hydrogen (secondary N) is 1. The van der Waals surface area contributed by atoms with Gasteiger partial charge in [0.15, 0.2) is 0 Å². The summed E-state index contributed by atoms with van der Waals surface area (Å²) in [5.74, 6) is -0.0602. The van der Waals surface area contributed by atoms with Crippen molar-refractivity contribution in [3.05, 3.63) is 28.2 Å². The SMILES string of the molecule is CS(=O)(=O)CCCNc1cc(Br)ccc1C(F)(F)F. The van der Waals surface area contributed by atoms with E-state index < -0.39 is 21.6 Å². The van der Waals surface area contributed by atoms with Crippen LogP contribution in [0.2, 0.25) is 0 Å². The molecule has 0 saturated carbocycles. The fourth-order valence-electron chi connectivity index (χ4n) is 1.47. The lowest BCUT2D eigenvalue weighted by Gasteiger charge is -2.14. The third-order valence-corrected chi connectivity index (χ3v) is 3.82. The summed E-state index contributed by atoms with van der Waals surface area (Å²) < 4.78 is 60.5. The first-order chi connectivity index (χ1) is 8.59. The van der Waals surface area contributed by atoms with E-state index in [0.717, 1.165) is 12.3 Å². The van der Waals surface area contributed by atoms with Crippen molar-refractivity contribution in [3.8, 4) is 0 Å².